The number of fused-ring (bicyclic) bond motifs is 2. The molecule has 0 saturated carbocycles. The Kier molecular flexibility index (Phi) is 40.9. The topological polar surface area (TPSA) is 353 Å². The molecule has 8 heterocycles. The zero-order valence-corrected chi connectivity index (χ0v) is 90.8. The van der Waals surface area contributed by atoms with Crippen LogP contribution in [0.3, 0.4) is 0 Å². The summed E-state index contributed by atoms with van der Waals surface area (Å²) in [6.45, 7) is 51.4. The first kappa shape index (κ1) is 116. The van der Waals surface area contributed by atoms with Crippen LogP contribution in [0.4, 0.5) is 0 Å². The third-order valence-electron chi connectivity index (χ3n) is 29.7. The van der Waals surface area contributed by atoms with Crippen molar-refractivity contribution in [3.8, 4) is 0 Å². The first-order valence-corrected chi connectivity index (χ1v) is 57.0. The molecule has 6 saturated heterocycles. The lowest BCUT2D eigenvalue weighted by molar-refractivity contribution is -0.320. The molecule has 0 unspecified atom stereocenters. The van der Waals surface area contributed by atoms with E-state index in [0.29, 0.717) is 32.4 Å². The minimum absolute atomic E-state index is 0.0420. The van der Waals surface area contributed by atoms with Gasteiger partial charge in [0.1, 0.15) is 53.9 Å². The second kappa shape index (κ2) is 48.4. The average molecular weight is 1960 g/mol. The van der Waals surface area contributed by atoms with Crippen LogP contribution >= 0.6 is 0 Å². The van der Waals surface area contributed by atoms with E-state index in [-0.39, 0.29) is 75.0 Å². The van der Waals surface area contributed by atoms with E-state index in [1.165, 1.54) is 21.0 Å². The maximum Gasteiger partial charge on any atom is 0.311 e. The third kappa shape index (κ3) is 29.5. The van der Waals surface area contributed by atoms with Crippen LogP contribution in [-0.2, 0) is 80.0 Å². The number of aliphatic hydroxyl groups is 7. The van der Waals surface area contributed by atoms with Gasteiger partial charge in [-0.2, -0.15) is 0 Å². The first-order chi connectivity index (χ1) is 63.7. The standard InChI is InChI=1S/C55H95N3O12Si2.C50H81N3O12/c1-20-44-55(10,62)48(59)38(6)58(13)33-34(2)30-54(9,63-27-23-24-40-29-41-25-21-22-26-42(41)56-32-40)49(68-52-47(69-71(14,15)16)43(57(11)12)28-35(3)64-52)36(4)46(37(5)51(60)66-44)67-45-31-53(8,61)50(39(7)65-45)70-72(17,18)19;1-15-39-50(10,58)43(55)33(6)53(13)28-29(2)25-49(9,60-22-18-19-35-24-36-20-16-17-21-37(36)51-27-35)45(65-47-41(54)38(52(11)12)23-30(3)61-47)31(4)42(32(5)46(57)63-39)64-40-26-48(8,59-14)44(56)34(7)62-40/h21-26,29,32,34-39,43-50,52,59,61-62H,20,27-28,30-31,33H2,1-19H3;16-21,24,27,29-34,38-45,47,54-56,58H,15,22-23,25-26,28H2,1-14H3/b24-23+;19-18+/t34-,35-,36+,37-,38-,39+,43+,44-,45+,46+,47-,48-,49-,50+,52+,53+,54-,55-;29-,30-,31+,32-,33-,34+,38+,39-,40+,41-,42+,43-,44+,45-,47+,48+,49-,50-/m11/s1. The number of aromatic nitrogens is 2. The summed E-state index contributed by atoms with van der Waals surface area (Å²) in [7, 11) is 8.98. The van der Waals surface area contributed by atoms with Crippen LogP contribution in [0.1, 0.15) is 201 Å². The van der Waals surface area contributed by atoms with Crippen LogP contribution < -0.4 is 0 Å². The van der Waals surface area contributed by atoms with Gasteiger partial charge < -0.3 is 126 Å². The molecule has 2 aromatic heterocycles. The Bertz CT molecular complexity index is 4500. The summed E-state index contributed by atoms with van der Waals surface area (Å²) in [6.07, 6.45) is -2.61. The van der Waals surface area contributed by atoms with Crippen LogP contribution in [0, 0.1) is 35.5 Å². The number of cyclic esters (lactones) is 2. The van der Waals surface area contributed by atoms with Gasteiger partial charge in [-0.05, 0) is 264 Å². The maximum absolute atomic E-state index is 14.9. The van der Waals surface area contributed by atoms with Gasteiger partial charge in [-0.15, -0.1) is 0 Å². The molecule has 6 aliphatic heterocycles. The second-order valence-corrected chi connectivity index (χ2v) is 53.8. The molecular formula is C105H176N6O24Si2. The average Bonchev–Trinajstić information content (AvgIpc) is 1.61. The predicted molar refractivity (Wildman–Crippen MR) is 537 cm³/mol. The van der Waals surface area contributed by atoms with E-state index in [1.54, 1.807) is 41.5 Å². The number of aliphatic hydroxyl groups excluding tert-OH is 4. The van der Waals surface area contributed by atoms with Crippen LogP contribution in [0.5, 0.6) is 0 Å². The number of carbonyl (C=O) groups is 2. The molecule has 778 valence electrons. The molecule has 36 atom stereocenters. The van der Waals surface area contributed by atoms with Crippen molar-refractivity contribution in [3.05, 3.63) is 96.3 Å². The van der Waals surface area contributed by atoms with Crippen molar-refractivity contribution in [2.75, 3.05) is 75.7 Å². The summed E-state index contributed by atoms with van der Waals surface area (Å²) in [5, 5.41) is 85.1. The van der Waals surface area contributed by atoms with Crippen LogP contribution in [0.15, 0.2) is 85.2 Å². The van der Waals surface area contributed by atoms with Crippen molar-refractivity contribution in [1.29, 1.82) is 0 Å². The minimum atomic E-state index is -2.22. The number of hydrogen-bond acceptors (Lipinski definition) is 30. The summed E-state index contributed by atoms with van der Waals surface area (Å²) in [4.78, 5) is 47.1. The van der Waals surface area contributed by atoms with Gasteiger partial charge in [-0.25, -0.2) is 0 Å². The fourth-order valence-electron chi connectivity index (χ4n) is 21.8. The number of hydrogen-bond donors (Lipinski definition) is 7. The zero-order valence-electron chi connectivity index (χ0n) is 88.8. The lowest BCUT2D eigenvalue weighted by Gasteiger charge is -2.51. The highest BCUT2D eigenvalue weighted by atomic mass is 28.4. The summed E-state index contributed by atoms with van der Waals surface area (Å²) < 4.78 is 101. The van der Waals surface area contributed by atoms with Gasteiger partial charge in [0.05, 0.1) is 113 Å². The van der Waals surface area contributed by atoms with Crippen molar-refractivity contribution < 1.29 is 116 Å². The van der Waals surface area contributed by atoms with Crippen molar-refractivity contribution >= 4 is 62.5 Å². The number of ether oxygens (including phenoxy) is 13. The number of rotatable bonds is 25. The van der Waals surface area contributed by atoms with Gasteiger partial charge in [0, 0.05) is 92.2 Å². The number of para-hydroxylation sites is 2. The molecule has 0 spiro atoms. The lowest BCUT2D eigenvalue weighted by atomic mass is 9.77. The Morgan fingerprint density at radius 1 is 0.496 bits per heavy atom. The molecule has 10 rings (SSSR count). The van der Waals surface area contributed by atoms with Gasteiger partial charge in [0.2, 0.25) is 0 Å². The Balaban J connectivity index is 0.000000308. The van der Waals surface area contributed by atoms with E-state index < -0.39 is 209 Å². The normalized spacial score (nSPS) is 40.9. The van der Waals surface area contributed by atoms with Crippen LogP contribution in [-0.4, -0.2) is 350 Å². The molecule has 4 aromatic rings. The fraction of sp³-hybridized carbons (Fsp3) is 0.771. The maximum atomic E-state index is 14.9. The van der Waals surface area contributed by atoms with Gasteiger partial charge in [-0.3, -0.25) is 19.6 Å². The number of pyridine rings is 2. The number of benzene rings is 2. The smallest absolute Gasteiger partial charge is 0.311 e. The molecular weight excluding hydrogens is 1790 g/mol. The van der Waals surface area contributed by atoms with Crippen molar-refractivity contribution in [2.45, 2.75) is 410 Å². The molecule has 0 bridgehead atoms. The Morgan fingerprint density at radius 3 is 1.31 bits per heavy atom. The molecule has 30 nitrogen and oxygen atoms in total. The molecule has 0 aliphatic carbocycles. The quantitative estimate of drug-likeness (QED) is 0.0239. The van der Waals surface area contributed by atoms with Gasteiger partial charge in [0.25, 0.3) is 0 Å². The fourth-order valence-corrected chi connectivity index (χ4v) is 24.1. The van der Waals surface area contributed by atoms with Crippen molar-refractivity contribution in [1.82, 2.24) is 29.6 Å². The molecule has 6 aliphatic rings. The van der Waals surface area contributed by atoms with Crippen molar-refractivity contribution in [3.63, 3.8) is 0 Å². The molecule has 32 heteroatoms. The molecule has 0 amide bonds. The Morgan fingerprint density at radius 2 is 0.898 bits per heavy atom. The highest BCUT2D eigenvalue weighted by Gasteiger charge is 2.58. The Hall–Kier alpha value is -4.85. The largest absolute Gasteiger partial charge is 0.459 e. The van der Waals surface area contributed by atoms with Crippen LogP contribution in [0.25, 0.3) is 34.0 Å². The number of esters is 2. The monoisotopic (exact) mass is 1960 g/mol. The summed E-state index contributed by atoms with van der Waals surface area (Å²) >= 11 is 0. The van der Waals surface area contributed by atoms with Crippen molar-refractivity contribution in [2.24, 2.45) is 35.5 Å². The molecule has 0 radical (unpaired) electrons. The first-order valence-electron chi connectivity index (χ1n) is 50.2. The predicted octanol–water partition coefficient (Wildman–Crippen LogP) is 13.4. The van der Waals surface area contributed by atoms with E-state index in [2.05, 4.69) is 108 Å². The number of methoxy groups -OCH3 is 1. The second-order valence-electron chi connectivity index (χ2n) is 44.8. The Labute approximate surface area is 820 Å². The summed E-state index contributed by atoms with van der Waals surface area (Å²) in [5.74, 6) is -4.79. The van der Waals surface area contributed by atoms with E-state index in [9.17, 15) is 45.3 Å². The minimum Gasteiger partial charge on any atom is -0.459 e. The van der Waals surface area contributed by atoms with E-state index >= 15 is 0 Å². The zero-order chi connectivity index (χ0) is 102. The summed E-state index contributed by atoms with van der Waals surface area (Å²) in [5.41, 5.74) is -4.62. The van der Waals surface area contributed by atoms with Gasteiger partial charge in [0.15, 0.2) is 41.8 Å². The number of nitrogens with zero attached hydrogens (tertiary/aromatic N) is 6. The van der Waals surface area contributed by atoms with E-state index in [0.717, 1.165) is 39.4 Å². The highest BCUT2D eigenvalue weighted by molar-refractivity contribution is 6.70. The third-order valence-corrected chi connectivity index (χ3v) is 31.6. The molecule has 2 aromatic carbocycles. The molecule has 137 heavy (non-hydrogen) atoms. The van der Waals surface area contributed by atoms with Crippen LogP contribution in [0.2, 0.25) is 39.3 Å². The van der Waals surface area contributed by atoms with Gasteiger partial charge >= 0.3 is 11.9 Å². The lowest BCUT2D eigenvalue weighted by Crippen LogP contribution is -2.62. The number of likely N-dealkylation sites (N-methyl/N-ethyl adjacent to an activating group) is 4. The molecule has 6 fully saturated rings. The number of carbonyl (C=O) groups excluding carboxylic acids is 2. The van der Waals surface area contributed by atoms with E-state index in [4.69, 9.17) is 70.4 Å². The SMILES string of the molecule is CC[C@H]1OC(=O)[C@H](C)[C@@H](O[C@H]2C[C@](C)(O)[C@@H](O[Si](C)(C)C)[C@H](C)O2)[C@H](C)[C@@H](O[C@@H]2O[C@H](C)C[C@H](N(C)C)[C@H]2O[Si](C)(C)C)[C@](C)(OC/C=C/c2cnc3ccccc3c2)C[C@@H](C)CN(C)[C@H](C)[C@@H](O)[C@]1(C)O.CC[C@H]1OC(=O)[C@H](C)[C@@H](O[C@H]2C[C@](C)(OC)[C@@H](O)[C@H](C)O2)[C@H](C)[C@@H](O[C@@H]2O[C@H](C)C[C@H](N(C)C)[C@H]2O)[C@](C)(OC/C=C/c2cnc3ccccc3c2)C[C@@H](C)CN(C)[C@H](C)[C@@H](O)[C@]1(C)O. The summed E-state index contributed by atoms with van der Waals surface area (Å²) in [6, 6.07) is 18.7. The molecule has 7 N–H and O–H groups in total. The highest BCUT2D eigenvalue weighted by Crippen LogP contribution is 2.47. The van der Waals surface area contributed by atoms with Gasteiger partial charge in [-0.1, -0.05) is 102 Å². The van der Waals surface area contributed by atoms with E-state index in [1.807, 2.05) is 184 Å².